The van der Waals surface area contributed by atoms with Gasteiger partial charge < -0.3 is 10.5 Å². The van der Waals surface area contributed by atoms with Crippen LogP contribution in [0.3, 0.4) is 0 Å². The van der Waals surface area contributed by atoms with E-state index in [2.05, 4.69) is 0 Å². The van der Waals surface area contributed by atoms with E-state index in [1.165, 1.54) is 7.11 Å². The van der Waals surface area contributed by atoms with Crippen molar-refractivity contribution in [3.63, 3.8) is 0 Å². The van der Waals surface area contributed by atoms with Crippen LogP contribution in [0, 0.1) is 5.82 Å². The van der Waals surface area contributed by atoms with E-state index in [4.69, 9.17) is 10.5 Å². The molecule has 0 saturated heterocycles. The molecule has 1 atom stereocenters. The molecule has 1 unspecified atom stereocenters. The standard InChI is InChI=1S/C11H16FNOS/c1-14-10-5-3-4-8(11(10)12)9(13)6-7-15-2/h3-5,9H,6-7,13H2,1-2H3. The number of rotatable bonds is 5. The van der Waals surface area contributed by atoms with Gasteiger partial charge in [0.15, 0.2) is 11.6 Å². The average Bonchev–Trinajstić information content (AvgIpc) is 2.26. The fourth-order valence-electron chi connectivity index (χ4n) is 1.37. The number of ether oxygens (including phenoxy) is 1. The Morgan fingerprint density at radius 1 is 1.53 bits per heavy atom. The molecule has 1 aromatic rings. The molecular formula is C11H16FNOS. The Morgan fingerprint density at radius 2 is 2.27 bits per heavy atom. The molecule has 0 radical (unpaired) electrons. The van der Waals surface area contributed by atoms with E-state index >= 15 is 0 Å². The Labute approximate surface area is 94.0 Å². The summed E-state index contributed by atoms with van der Waals surface area (Å²) in [6.45, 7) is 0. The minimum absolute atomic E-state index is 0.257. The van der Waals surface area contributed by atoms with Crippen LogP contribution < -0.4 is 10.5 Å². The first-order valence-corrected chi connectivity index (χ1v) is 6.17. The number of thioether (sulfide) groups is 1. The average molecular weight is 229 g/mol. The van der Waals surface area contributed by atoms with E-state index in [1.807, 2.05) is 6.26 Å². The smallest absolute Gasteiger partial charge is 0.169 e. The summed E-state index contributed by atoms with van der Waals surface area (Å²) in [6, 6.07) is 4.81. The second kappa shape index (κ2) is 5.98. The third-order valence-electron chi connectivity index (χ3n) is 2.25. The van der Waals surface area contributed by atoms with Crippen molar-refractivity contribution in [2.24, 2.45) is 5.73 Å². The highest BCUT2D eigenvalue weighted by Crippen LogP contribution is 2.25. The van der Waals surface area contributed by atoms with Gasteiger partial charge >= 0.3 is 0 Å². The van der Waals surface area contributed by atoms with Crippen LogP contribution in [0.5, 0.6) is 5.75 Å². The van der Waals surface area contributed by atoms with Gasteiger partial charge in [-0.1, -0.05) is 12.1 Å². The number of benzene rings is 1. The molecule has 0 aliphatic rings. The molecule has 84 valence electrons. The Kier molecular flexibility index (Phi) is 4.91. The Hall–Kier alpha value is -0.740. The van der Waals surface area contributed by atoms with Gasteiger partial charge in [-0.2, -0.15) is 11.8 Å². The molecule has 0 heterocycles. The number of nitrogens with two attached hydrogens (primary N) is 1. The molecule has 0 spiro atoms. The summed E-state index contributed by atoms with van der Waals surface area (Å²) in [7, 11) is 1.45. The van der Waals surface area contributed by atoms with Crippen molar-refractivity contribution in [2.45, 2.75) is 12.5 Å². The topological polar surface area (TPSA) is 35.2 Å². The molecule has 0 aliphatic carbocycles. The first kappa shape index (κ1) is 12.3. The fourth-order valence-corrected chi connectivity index (χ4v) is 1.86. The van der Waals surface area contributed by atoms with Crippen LogP contribution in [0.1, 0.15) is 18.0 Å². The largest absolute Gasteiger partial charge is 0.494 e. The quantitative estimate of drug-likeness (QED) is 0.843. The Bertz CT molecular complexity index is 319. The van der Waals surface area contributed by atoms with Crippen LogP contribution in [0.15, 0.2) is 18.2 Å². The zero-order valence-electron chi connectivity index (χ0n) is 9.00. The zero-order valence-corrected chi connectivity index (χ0v) is 9.81. The number of hydrogen-bond donors (Lipinski definition) is 1. The molecule has 2 N–H and O–H groups in total. The summed E-state index contributed by atoms with van der Waals surface area (Å²) in [5.74, 6) is 0.846. The van der Waals surface area contributed by atoms with Crippen LogP contribution in [-0.4, -0.2) is 19.1 Å². The van der Waals surface area contributed by atoms with E-state index in [0.29, 0.717) is 5.56 Å². The second-order valence-electron chi connectivity index (χ2n) is 3.25. The molecule has 0 bridgehead atoms. The van der Waals surface area contributed by atoms with Crippen LogP contribution in [-0.2, 0) is 0 Å². The Balaban J connectivity index is 2.83. The lowest BCUT2D eigenvalue weighted by Crippen LogP contribution is -2.13. The van der Waals surface area contributed by atoms with Crippen molar-refractivity contribution in [3.05, 3.63) is 29.6 Å². The van der Waals surface area contributed by atoms with Gasteiger partial charge in [0.1, 0.15) is 0 Å². The second-order valence-corrected chi connectivity index (χ2v) is 4.24. The van der Waals surface area contributed by atoms with E-state index in [0.717, 1.165) is 12.2 Å². The maximum absolute atomic E-state index is 13.7. The molecule has 0 fully saturated rings. The van der Waals surface area contributed by atoms with Crippen LogP contribution in [0.4, 0.5) is 4.39 Å². The normalized spacial score (nSPS) is 12.5. The maximum atomic E-state index is 13.7. The highest BCUT2D eigenvalue weighted by molar-refractivity contribution is 7.98. The van der Waals surface area contributed by atoms with E-state index in [-0.39, 0.29) is 17.6 Å². The summed E-state index contributed by atoms with van der Waals surface area (Å²) in [5, 5.41) is 0. The van der Waals surface area contributed by atoms with Crippen molar-refractivity contribution < 1.29 is 9.13 Å². The van der Waals surface area contributed by atoms with Gasteiger partial charge in [-0.05, 0) is 24.5 Å². The first-order chi connectivity index (χ1) is 7.20. The molecule has 1 rings (SSSR count). The van der Waals surface area contributed by atoms with E-state index in [9.17, 15) is 4.39 Å². The van der Waals surface area contributed by atoms with Crippen LogP contribution >= 0.6 is 11.8 Å². The lowest BCUT2D eigenvalue weighted by Gasteiger charge is -2.13. The van der Waals surface area contributed by atoms with Crippen LogP contribution in [0.2, 0.25) is 0 Å². The van der Waals surface area contributed by atoms with Crippen molar-refractivity contribution in [1.29, 1.82) is 0 Å². The highest BCUT2D eigenvalue weighted by Gasteiger charge is 2.14. The van der Waals surface area contributed by atoms with Crippen molar-refractivity contribution >= 4 is 11.8 Å². The monoisotopic (exact) mass is 229 g/mol. The van der Waals surface area contributed by atoms with Gasteiger partial charge in [0, 0.05) is 11.6 Å². The fraction of sp³-hybridized carbons (Fsp3) is 0.455. The molecule has 0 aliphatic heterocycles. The maximum Gasteiger partial charge on any atom is 0.169 e. The van der Waals surface area contributed by atoms with Gasteiger partial charge in [-0.3, -0.25) is 0 Å². The number of methoxy groups -OCH3 is 1. The summed E-state index contributed by atoms with van der Waals surface area (Å²) in [6.07, 6.45) is 2.78. The third-order valence-corrected chi connectivity index (χ3v) is 2.89. The predicted octanol–water partition coefficient (Wildman–Crippen LogP) is 2.59. The minimum Gasteiger partial charge on any atom is -0.494 e. The number of halogens is 1. The third kappa shape index (κ3) is 3.11. The van der Waals surface area contributed by atoms with Crippen molar-refractivity contribution in [3.8, 4) is 5.75 Å². The van der Waals surface area contributed by atoms with Crippen molar-refractivity contribution in [1.82, 2.24) is 0 Å². The SMILES string of the molecule is COc1cccc(C(N)CCSC)c1F. The molecule has 0 aromatic heterocycles. The lowest BCUT2D eigenvalue weighted by atomic mass is 10.0. The molecule has 0 saturated carbocycles. The molecule has 2 nitrogen and oxygen atoms in total. The van der Waals surface area contributed by atoms with Crippen molar-refractivity contribution in [2.75, 3.05) is 19.1 Å². The van der Waals surface area contributed by atoms with Gasteiger partial charge in [0.05, 0.1) is 7.11 Å². The summed E-state index contributed by atoms with van der Waals surface area (Å²) < 4.78 is 18.6. The van der Waals surface area contributed by atoms with Gasteiger partial charge in [-0.15, -0.1) is 0 Å². The summed E-state index contributed by atoms with van der Waals surface area (Å²) >= 11 is 1.71. The molecule has 15 heavy (non-hydrogen) atoms. The molecule has 4 heteroatoms. The molecule has 1 aromatic carbocycles. The minimum atomic E-state index is -0.339. The lowest BCUT2D eigenvalue weighted by molar-refractivity contribution is 0.382. The summed E-state index contributed by atoms with van der Waals surface area (Å²) in [5.41, 5.74) is 6.43. The van der Waals surface area contributed by atoms with Crippen LogP contribution in [0.25, 0.3) is 0 Å². The van der Waals surface area contributed by atoms with Gasteiger partial charge in [-0.25, -0.2) is 4.39 Å². The highest BCUT2D eigenvalue weighted by atomic mass is 32.2. The zero-order chi connectivity index (χ0) is 11.3. The first-order valence-electron chi connectivity index (χ1n) is 4.77. The molecular weight excluding hydrogens is 213 g/mol. The van der Waals surface area contributed by atoms with Gasteiger partial charge in [0.2, 0.25) is 0 Å². The summed E-state index contributed by atoms with van der Waals surface area (Å²) in [4.78, 5) is 0. The predicted molar refractivity (Wildman–Crippen MR) is 62.9 cm³/mol. The van der Waals surface area contributed by atoms with E-state index in [1.54, 1.807) is 30.0 Å². The van der Waals surface area contributed by atoms with E-state index < -0.39 is 0 Å². The number of hydrogen-bond acceptors (Lipinski definition) is 3. The molecule has 0 amide bonds. The van der Waals surface area contributed by atoms with Gasteiger partial charge in [0.25, 0.3) is 0 Å². The Morgan fingerprint density at radius 3 is 2.87 bits per heavy atom.